The number of nitrogens with one attached hydrogen (secondary N) is 1. The molecule has 0 amide bonds. The largest absolute Gasteiger partial charge is 0.315 e. The highest BCUT2D eigenvalue weighted by Crippen LogP contribution is 2.25. The van der Waals surface area contributed by atoms with Crippen LogP contribution < -0.4 is 5.32 Å². The van der Waals surface area contributed by atoms with Crippen molar-refractivity contribution in [3.63, 3.8) is 0 Å². The first-order valence-electron chi connectivity index (χ1n) is 7.45. The quantitative estimate of drug-likeness (QED) is 0.907. The van der Waals surface area contributed by atoms with E-state index in [1.165, 1.54) is 16.4 Å². The van der Waals surface area contributed by atoms with Gasteiger partial charge < -0.3 is 5.32 Å². The Bertz CT molecular complexity index is 583. The molecule has 1 saturated heterocycles. The Morgan fingerprint density at radius 2 is 2.19 bits per heavy atom. The molecule has 1 heterocycles. The number of aryl methyl sites for hydroxylation is 1. The van der Waals surface area contributed by atoms with Crippen LogP contribution in [0.4, 0.5) is 4.39 Å². The standard InChI is InChI=1S/C15H23FN2O2S/c1-3-9-18(13-5-4-8-17-11-13)21(19,20)15-10-12(2)6-7-14(15)16/h6-7,10,13,17H,3-5,8-9,11H2,1-2H3. The van der Waals surface area contributed by atoms with Crippen LogP contribution in [0, 0.1) is 12.7 Å². The molecule has 1 aliphatic heterocycles. The van der Waals surface area contributed by atoms with Gasteiger partial charge in [-0.1, -0.05) is 13.0 Å². The van der Waals surface area contributed by atoms with E-state index in [1.54, 1.807) is 13.0 Å². The van der Waals surface area contributed by atoms with Crippen molar-refractivity contribution in [1.82, 2.24) is 9.62 Å². The summed E-state index contributed by atoms with van der Waals surface area (Å²) in [6.45, 7) is 5.67. The van der Waals surface area contributed by atoms with Gasteiger partial charge in [-0.3, -0.25) is 0 Å². The molecule has 1 atom stereocenters. The predicted molar refractivity (Wildman–Crippen MR) is 81.2 cm³/mol. The van der Waals surface area contributed by atoms with Crippen LogP contribution in [0.1, 0.15) is 31.7 Å². The number of nitrogens with zero attached hydrogens (tertiary/aromatic N) is 1. The van der Waals surface area contributed by atoms with E-state index < -0.39 is 15.8 Å². The smallest absolute Gasteiger partial charge is 0.246 e. The van der Waals surface area contributed by atoms with Gasteiger partial charge in [0.15, 0.2) is 0 Å². The summed E-state index contributed by atoms with van der Waals surface area (Å²) in [6.07, 6.45) is 2.47. The van der Waals surface area contributed by atoms with Gasteiger partial charge in [0.25, 0.3) is 0 Å². The molecular formula is C15H23FN2O2S. The summed E-state index contributed by atoms with van der Waals surface area (Å²) in [7, 11) is -3.80. The Labute approximate surface area is 126 Å². The molecule has 1 aliphatic rings. The second-order valence-electron chi connectivity index (χ2n) is 5.55. The van der Waals surface area contributed by atoms with Crippen molar-refractivity contribution in [3.8, 4) is 0 Å². The monoisotopic (exact) mass is 314 g/mol. The minimum atomic E-state index is -3.80. The van der Waals surface area contributed by atoms with Crippen LogP contribution in [0.5, 0.6) is 0 Å². The minimum Gasteiger partial charge on any atom is -0.315 e. The molecule has 1 unspecified atom stereocenters. The summed E-state index contributed by atoms with van der Waals surface area (Å²) in [5.41, 5.74) is 0.744. The highest BCUT2D eigenvalue weighted by Gasteiger charge is 2.33. The molecule has 1 aromatic carbocycles. The third kappa shape index (κ3) is 3.62. The summed E-state index contributed by atoms with van der Waals surface area (Å²) >= 11 is 0. The fourth-order valence-corrected chi connectivity index (χ4v) is 4.63. The highest BCUT2D eigenvalue weighted by molar-refractivity contribution is 7.89. The van der Waals surface area contributed by atoms with Crippen molar-refractivity contribution in [2.75, 3.05) is 19.6 Å². The average Bonchev–Trinajstić information content (AvgIpc) is 2.48. The Morgan fingerprint density at radius 1 is 1.43 bits per heavy atom. The van der Waals surface area contributed by atoms with Gasteiger partial charge in [-0.25, -0.2) is 12.8 Å². The minimum absolute atomic E-state index is 0.0939. The predicted octanol–water partition coefficient (Wildman–Crippen LogP) is 2.29. The van der Waals surface area contributed by atoms with Gasteiger partial charge in [-0.05, 0) is 50.4 Å². The Morgan fingerprint density at radius 3 is 2.81 bits per heavy atom. The van der Waals surface area contributed by atoms with Crippen molar-refractivity contribution < 1.29 is 12.8 Å². The first-order chi connectivity index (χ1) is 9.96. The van der Waals surface area contributed by atoms with Crippen LogP contribution >= 0.6 is 0 Å². The number of halogens is 1. The lowest BCUT2D eigenvalue weighted by atomic mass is 10.1. The van der Waals surface area contributed by atoms with Crippen molar-refractivity contribution in [3.05, 3.63) is 29.6 Å². The molecule has 1 aromatic rings. The first kappa shape index (κ1) is 16.4. The van der Waals surface area contributed by atoms with Gasteiger partial charge in [0, 0.05) is 19.1 Å². The molecule has 1 fully saturated rings. The molecular weight excluding hydrogens is 291 g/mol. The number of hydrogen-bond acceptors (Lipinski definition) is 3. The molecule has 0 radical (unpaired) electrons. The maximum atomic E-state index is 14.0. The Kier molecular flexibility index (Phi) is 5.35. The number of benzene rings is 1. The van der Waals surface area contributed by atoms with Gasteiger partial charge in [-0.15, -0.1) is 0 Å². The molecule has 2 rings (SSSR count). The number of piperidine rings is 1. The molecule has 0 aromatic heterocycles. The van der Waals surface area contributed by atoms with E-state index >= 15 is 0 Å². The summed E-state index contributed by atoms with van der Waals surface area (Å²) in [4.78, 5) is -0.207. The molecule has 0 saturated carbocycles. The van der Waals surface area contributed by atoms with Crippen molar-refractivity contribution in [2.45, 2.75) is 44.0 Å². The van der Waals surface area contributed by atoms with E-state index in [0.29, 0.717) is 19.5 Å². The highest BCUT2D eigenvalue weighted by atomic mass is 32.2. The number of hydrogen-bond donors (Lipinski definition) is 1. The number of sulfonamides is 1. The second kappa shape index (κ2) is 6.85. The summed E-state index contributed by atoms with van der Waals surface area (Å²) in [5, 5.41) is 3.22. The van der Waals surface area contributed by atoms with Crippen molar-refractivity contribution >= 4 is 10.0 Å². The fourth-order valence-electron chi connectivity index (χ4n) is 2.73. The summed E-state index contributed by atoms with van der Waals surface area (Å²) in [6, 6.07) is 4.14. The van der Waals surface area contributed by atoms with E-state index in [-0.39, 0.29) is 10.9 Å². The molecule has 118 valence electrons. The molecule has 0 aliphatic carbocycles. The van der Waals surface area contributed by atoms with E-state index in [0.717, 1.165) is 24.9 Å². The van der Waals surface area contributed by atoms with Crippen LogP contribution in [-0.2, 0) is 10.0 Å². The topological polar surface area (TPSA) is 49.4 Å². The number of rotatable bonds is 5. The third-order valence-electron chi connectivity index (χ3n) is 3.80. The molecule has 4 nitrogen and oxygen atoms in total. The summed E-state index contributed by atoms with van der Waals surface area (Å²) in [5.74, 6) is -0.675. The van der Waals surface area contributed by atoms with Gasteiger partial charge in [0.2, 0.25) is 10.0 Å². The van der Waals surface area contributed by atoms with Crippen LogP contribution in [0.15, 0.2) is 23.1 Å². The Balaban J connectivity index is 2.39. The first-order valence-corrected chi connectivity index (χ1v) is 8.89. The van der Waals surface area contributed by atoms with Crippen molar-refractivity contribution in [1.29, 1.82) is 0 Å². The van der Waals surface area contributed by atoms with Gasteiger partial charge in [-0.2, -0.15) is 4.31 Å². The van der Waals surface area contributed by atoms with Gasteiger partial charge in [0.1, 0.15) is 10.7 Å². The van der Waals surface area contributed by atoms with Crippen molar-refractivity contribution in [2.24, 2.45) is 0 Å². The fraction of sp³-hybridized carbons (Fsp3) is 0.600. The Hall–Kier alpha value is -0.980. The zero-order valence-electron chi connectivity index (χ0n) is 12.6. The molecule has 1 N–H and O–H groups in total. The maximum absolute atomic E-state index is 14.0. The second-order valence-corrected chi connectivity index (χ2v) is 7.41. The molecule has 21 heavy (non-hydrogen) atoms. The lowest BCUT2D eigenvalue weighted by molar-refractivity contribution is 0.265. The van der Waals surface area contributed by atoms with Crippen LogP contribution in [0.3, 0.4) is 0 Å². The average molecular weight is 314 g/mol. The summed E-state index contributed by atoms with van der Waals surface area (Å²) < 4.78 is 41.2. The zero-order valence-corrected chi connectivity index (χ0v) is 13.4. The van der Waals surface area contributed by atoms with Crippen LogP contribution in [-0.4, -0.2) is 38.4 Å². The SMILES string of the molecule is CCCN(C1CCCNC1)S(=O)(=O)c1cc(C)ccc1F. The van der Waals surface area contributed by atoms with E-state index in [2.05, 4.69) is 5.32 Å². The third-order valence-corrected chi connectivity index (χ3v) is 5.76. The normalized spacial score (nSPS) is 19.9. The lowest BCUT2D eigenvalue weighted by Gasteiger charge is -2.33. The van der Waals surface area contributed by atoms with E-state index in [1.807, 2.05) is 6.92 Å². The van der Waals surface area contributed by atoms with Crippen LogP contribution in [0.25, 0.3) is 0 Å². The van der Waals surface area contributed by atoms with E-state index in [9.17, 15) is 12.8 Å². The molecule has 0 spiro atoms. The molecule has 6 heteroatoms. The van der Waals surface area contributed by atoms with E-state index in [4.69, 9.17) is 0 Å². The zero-order chi connectivity index (χ0) is 15.5. The maximum Gasteiger partial charge on any atom is 0.246 e. The lowest BCUT2D eigenvalue weighted by Crippen LogP contribution is -2.49. The van der Waals surface area contributed by atoms with Crippen LogP contribution in [0.2, 0.25) is 0 Å². The van der Waals surface area contributed by atoms with Gasteiger partial charge in [0.05, 0.1) is 0 Å². The van der Waals surface area contributed by atoms with Gasteiger partial charge >= 0.3 is 0 Å². The molecule has 0 bridgehead atoms.